The van der Waals surface area contributed by atoms with Gasteiger partial charge in [-0.3, -0.25) is 10.1 Å². The standard InChI is InChI=1S/C12H14N4O2/c1-9-14-6-7-15(9)8-10-4-3-5-11(16(17)18)12(10)13-2/h3-7,13H,8H2,1-2H3. The lowest BCUT2D eigenvalue weighted by molar-refractivity contribution is -0.384. The highest BCUT2D eigenvalue weighted by Gasteiger charge is 2.16. The molecule has 0 unspecified atom stereocenters. The van der Waals surface area contributed by atoms with Crippen LogP contribution in [0.25, 0.3) is 0 Å². The molecule has 1 aromatic carbocycles. The zero-order valence-electron chi connectivity index (χ0n) is 10.3. The number of benzene rings is 1. The Balaban J connectivity index is 2.42. The molecule has 94 valence electrons. The molecule has 0 amide bonds. The van der Waals surface area contributed by atoms with Crippen LogP contribution in [0.15, 0.2) is 30.6 Å². The number of nitrogens with one attached hydrogen (secondary N) is 1. The molecule has 6 nitrogen and oxygen atoms in total. The Morgan fingerprint density at radius 1 is 1.50 bits per heavy atom. The predicted octanol–water partition coefficient (Wildman–Crippen LogP) is 2.19. The Kier molecular flexibility index (Phi) is 3.27. The number of hydrogen-bond donors (Lipinski definition) is 1. The number of rotatable bonds is 4. The minimum atomic E-state index is -0.379. The predicted molar refractivity (Wildman–Crippen MR) is 68.7 cm³/mol. The quantitative estimate of drug-likeness (QED) is 0.663. The van der Waals surface area contributed by atoms with E-state index in [4.69, 9.17) is 0 Å². The van der Waals surface area contributed by atoms with Crippen LogP contribution < -0.4 is 5.32 Å². The summed E-state index contributed by atoms with van der Waals surface area (Å²) in [5.74, 6) is 0.878. The number of nitrogens with zero attached hydrogens (tertiary/aromatic N) is 3. The molecule has 0 aliphatic heterocycles. The second-order valence-corrected chi connectivity index (χ2v) is 3.92. The van der Waals surface area contributed by atoms with E-state index in [1.54, 1.807) is 19.3 Å². The summed E-state index contributed by atoms with van der Waals surface area (Å²) >= 11 is 0. The van der Waals surface area contributed by atoms with Gasteiger partial charge in [-0.05, 0) is 6.92 Å². The van der Waals surface area contributed by atoms with Crippen molar-refractivity contribution < 1.29 is 4.92 Å². The monoisotopic (exact) mass is 246 g/mol. The fourth-order valence-electron chi connectivity index (χ4n) is 1.91. The normalized spacial score (nSPS) is 10.3. The van der Waals surface area contributed by atoms with Crippen LogP contribution in [0.4, 0.5) is 11.4 Å². The van der Waals surface area contributed by atoms with Crippen molar-refractivity contribution in [3.8, 4) is 0 Å². The van der Waals surface area contributed by atoms with E-state index in [0.29, 0.717) is 12.2 Å². The summed E-state index contributed by atoms with van der Waals surface area (Å²) in [5, 5.41) is 13.9. The number of hydrogen-bond acceptors (Lipinski definition) is 4. The summed E-state index contributed by atoms with van der Waals surface area (Å²) < 4.78 is 1.94. The van der Waals surface area contributed by atoms with Gasteiger partial charge in [0, 0.05) is 31.1 Å². The minimum Gasteiger partial charge on any atom is -0.382 e. The first-order chi connectivity index (χ1) is 8.63. The molecule has 1 aromatic heterocycles. The summed E-state index contributed by atoms with van der Waals surface area (Å²) in [6.07, 6.45) is 3.57. The topological polar surface area (TPSA) is 73.0 Å². The summed E-state index contributed by atoms with van der Waals surface area (Å²) in [6.45, 7) is 2.46. The maximum atomic E-state index is 10.9. The van der Waals surface area contributed by atoms with Gasteiger partial charge in [-0.1, -0.05) is 12.1 Å². The third-order valence-corrected chi connectivity index (χ3v) is 2.84. The highest BCUT2D eigenvalue weighted by atomic mass is 16.6. The SMILES string of the molecule is CNc1c(Cn2ccnc2C)cccc1[N+](=O)[O-]. The molecule has 0 spiro atoms. The van der Waals surface area contributed by atoms with E-state index in [0.717, 1.165) is 11.4 Å². The molecule has 1 heterocycles. The molecule has 0 saturated heterocycles. The molecule has 0 aliphatic carbocycles. The molecule has 18 heavy (non-hydrogen) atoms. The molecule has 2 rings (SSSR count). The molecule has 0 saturated carbocycles. The van der Waals surface area contributed by atoms with Crippen LogP contribution in [-0.4, -0.2) is 21.5 Å². The molecule has 0 aliphatic rings. The zero-order valence-corrected chi connectivity index (χ0v) is 10.3. The minimum absolute atomic E-state index is 0.0905. The molecule has 0 atom stereocenters. The second kappa shape index (κ2) is 4.87. The van der Waals surface area contributed by atoms with Gasteiger partial charge in [0.25, 0.3) is 5.69 Å². The van der Waals surface area contributed by atoms with E-state index < -0.39 is 0 Å². The van der Waals surface area contributed by atoms with Gasteiger partial charge in [-0.25, -0.2) is 4.98 Å². The summed E-state index contributed by atoms with van der Waals surface area (Å²) in [6, 6.07) is 5.06. The third kappa shape index (κ3) is 2.17. The fourth-order valence-corrected chi connectivity index (χ4v) is 1.91. The first-order valence-corrected chi connectivity index (χ1v) is 5.55. The highest BCUT2D eigenvalue weighted by Crippen LogP contribution is 2.28. The first-order valence-electron chi connectivity index (χ1n) is 5.55. The summed E-state index contributed by atoms with van der Waals surface area (Å²) in [7, 11) is 1.69. The summed E-state index contributed by atoms with van der Waals surface area (Å²) in [5.41, 5.74) is 1.51. The Hall–Kier alpha value is -2.37. The van der Waals surface area contributed by atoms with E-state index in [9.17, 15) is 10.1 Å². The number of para-hydroxylation sites is 1. The van der Waals surface area contributed by atoms with Crippen molar-refractivity contribution in [2.45, 2.75) is 13.5 Å². The van der Waals surface area contributed by atoms with Crippen LogP contribution in [-0.2, 0) is 6.54 Å². The highest BCUT2D eigenvalue weighted by molar-refractivity contribution is 5.66. The van der Waals surface area contributed by atoms with Gasteiger partial charge >= 0.3 is 0 Å². The van der Waals surface area contributed by atoms with Crippen LogP contribution in [0.2, 0.25) is 0 Å². The van der Waals surface area contributed by atoms with Crippen LogP contribution in [0.3, 0.4) is 0 Å². The van der Waals surface area contributed by atoms with Gasteiger partial charge in [0.2, 0.25) is 0 Å². The largest absolute Gasteiger partial charge is 0.382 e. The smallest absolute Gasteiger partial charge is 0.292 e. The molecular formula is C12H14N4O2. The van der Waals surface area contributed by atoms with Crippen LogP contribution in [0.1, 0.15) is 11.4 Å². The first kappa shape index (κ1) is 12.1. The van der Waals surface area contributed by atoms with Gasteiger partial charge in [0.1, 0.15) is 11.5 Å². The zero-order chi connectivity index (χ0) is 13.1. The van der Waals surface area contributed by atoms with Gasteiger partial charge < -0.3 is 9.88 Å². The molecule has 1 N–H and O–H groups in total. The maximum absolute atomic E-state index is 10.9. The van der Waals surface area contributed by atoms with E-state index >= 15 is 0 Å². The van der Waals surface area contributed by atoms with Gasteiger partial charge in [0.05, 0.1) is 11.5 Å². The molecular weight excluding hydrogens is 232 g/mol. The molecule has 0 fully saturated rings. The average Bonchev–Trinajstić information content (AvgIpc) is 2.74. The number of imidazole rings is 1. The lowest BCUT2D eigenvalue weighted by atomic mass is 10.1. The van der Waals surface area contributed by atoms with Crippen molar-refractivity contribution >= 4 is 11.4 Å². The Bertz CT molecular complexity index is 577. The van der Waals surface area contributed by atoms with Gasteiger partial charge in [0.15, 0.2) is 0 Å². The molecule has 6 heteroatoms. The van der Waals surface area contributed by atoms with Crippen LogP contribution in [0, 0.1) is 17.0 Å². The van der Waals surface area contributed by atoms with Crippen molar-refractivity contribution in [2.24, 2.45) is 0 Å². The number of nitro groups is 1. The van der Waals surface area contributed by atoms with E-state index in [1.165, 1.54) is 6.07 Å². The van der Waals surface area contributed by atoms with Crippen molar-refractivity contribution in [2.75, 3.05) is 12.4 Å². The third-order valence-electron chi connectivity index (χ3n) is 2.84. The number of aromatic nitrogens is 2. The van der Waals surface area contributed by atoms with Gasteiger partial charge in [-0.15, -0.1) is 0 Å². The second-order valence-electron chi connectivity index (χ2n) is 3.92. The molecule has 2 aromatic rings. The number of anilines is 1. The number of aryl methyl sites for hydroxylation is 1. The van der Waals surface area contributed by atoms with E-state index in [-0.39, 0.29) is 10.6 Å². The Morgan fingerprint density at radius 3 is 2.83 bits per heavy atom. The molecule has 0 radical (unpaired) electrons. The van der Waals surface area contributed by atoms with Crippen LogP contribution >= 0.6 is 0 Å². The van der Waals surface area contributed by atoms with E-state index in [1.807, 2.05) is 23.8 Å². The molecule has 0 bridgehead atoms. The van der Waals surface area contributed by atoms with Crippen molar-refractivity contribution in [3.63, 3.8) is 0 Å². The Labute approximate surface area is 104 Å². The van der Waals surface area contributed by atoms with Crippen molar-refractivity contribution in [1.82, 2.24) is 9.55 Å². The maximum Gasteiger partial charge on any atom is 0.292 e. The van der Waals surface area contributed by atoms with Gasteiger partial charge in [-0.2, -0.15) is 0 Å². The lowest BCUT2D eigenvalue weighted by Gasteiger charge is -2.11. The Morgan fingerprint density at radius 2 is 2.28 bits per heavy atom. The summed E-state index contributed by atoms with van der Waals surface area (Å²) in [4.78, 5) is 14.7. The van der Waals surface area contributed by atoms with Crippen LogP contribution in [0.5, 0.6) is 0 Å². The van der Waals surface area contributed by atoms with Crippen molar-refractivity contribution in [1.29, 1.82) is 0 Å². The fraction of sp³-hybridized carbons (Fsp3) is 0.250. The lowest BCUT2D eigenvalue weighted by Crippen LogP contribution is -2.06. The van der Waals surface area contributed by atoms with Crippen molar-refractivity contribution in [3.05, 3.63) is 52.1 Å². The van der Waals surface area contributed by atoms with E-state index in [2.05, 4.69) is 10.3 Å². The number of nitro benzene ring substituents is 1. The average molecular weight is 246 g/mol.